The van der Waals surface area contributed by atoms with Gasteiger partial charge in [-0.25, -0.2) is 8.42 Å². The maximum absolute atomic E-state index is 11.9. The molecule has 0 saturated heterocycles. The average molecular weight is 303 g/mol. The van der Waals surface area contributed by atoms with Crippen LogP contribution in [0.25, 0.3) is 0 Å². The molecule has 0 aliphatic heterocycles. The van der Waals surface area contributed by atoms with Gasteiger partial charge in [0.1, 0.15) is 0 Å². The summed E-state index contributed by atoms with van der Waals surface area (Å²) in [6, 6.07) is 18.3. The van der Waals surface area contributed by atoms with E-state index in [0.717, 1.165) is 5.56 Å². The highest BCUT2D eigenvalue weighted by molar-refractivity contribution is 7.89. The van der Waals surface area contributed by atoms with E-state index in [0.29, 0.717) is 12.0 Å². The van der Waals surface area contributed by atoms with Gasteiger partial charge in [-0.2, -0.15) is 0 Å². The lowest BCUT2D eigenvalue weighted by Crippen LogP contribution is -2.31. The molecule has 0 aromatic heterocycles. The summed E-state index contributed by atoms with van der Waals surface area (Å²) in [4.78, 5) is 11.7. The molecule has 0 spiro atoms. The normalized spacial score (nSPS) is 11.0. The van der Waals surface area contributed by atoms with Crippen molar-refractivity contribution in [1.29, 1.82) is 0 Å². The molecule has 1 amide bonds. The van der Waals surface area contributed by atoms with Crippen LogP contribution in [0.5, 0.6) is 0 Å². The van der Waals surface area contributed by atoms with E-state index in [1.807, 2.05) is 36.4 Å². The Labute approximate surface area is 124 Å². The number of rotatable bonds is 6. The van der Waals surface area contributed by atoms with Crippen LogP contribution in [0.4, 0.5) is 0 Å². The van der Waals surface area contributed by atoms with Gasteiger partial charge in [-0.1, -0.05) is 60.7 Å². The van der Waals surface area contributed by atoms with E-state index in [1.54, 1.807) is 24.3 Å². The average Bonchev–Trinajstić information content (AvgIpc) is 2.46. The lowest BCUT2D eigenvalue weighted by Gasteiger charge is -2.07. The van der Waals surface area contributed by atoms with Crippen molar-refractivity contribution in [3.8, 4) is 0 Å². The summed E-state index contributed by atoms with van der Waals surface area (Å²) in [6.07, 6.45) is 0.672. The van der Waals surface area contributed by atoms with Crippen LogP contribution in [-0.2, 0) is 27.0 Å². The highest BCUT2D eigenvalue weighted by Crippen LogP contribution is 2.06. The van der Waals surface area contributed by atoms with Crippen molar-refractivity contribution in [3.05, 3.63) is 71.8 Å². The van der Waals surface area contributed by atoms with Gasteiger partial charge in [-0.05, 0) is 17.5 Å². The van der Waals surface area contributed by atoms with Crippen LogP contribution in [0.1, 0.15) is 17.5 Å². The second-order valence-corrected chi connectivity index (χ2v) is 6.48. The Kier molecular flexibility index (Phi) is 5.11. The van der Waals surface area contributed by atoms with E-state index in [4.69, 9.17) is 0 Å². The minimum Gasteiger partial charge on any atom is -0.274 e. The van der Waals surface area contributed by atoms with Crippen LogP contribution >= 0.6 is 0 Å². The van der Waals surface area contributed by atoms with Gasteiger partial charge >= 0.3 is 0 Å². The van der Waals surface area contributed by atoms with E-state index >= 15 is 0 Å². The molecule has 0 radical (unpaired) electrons. The van der Waals surface area contributed by atoms with Crippen LogP contribution in [-0.4, -0.2) is 14.3 Å². The maximum atomic E-state index is 11.9. The smallest absolute Gasteiger partial charge is 0.239 e. The second-order valence-electron chi connectivity index (χ2n) is 4.76. The molecule has 0 aliphatic carbocycles. The third kappa shape index (κ3) is 5.39. The molecule has 0 unspecified atom stereocenters. The number of nitrogens with one attached hydrogen (secondary N) is 1. The van der Waals surface area contributed by atoms with Gasteiger partial charge < -0.3 is 0 Å². The molecule has 21 heavy (non-hydrogen) atoms. The molecular weight excluding hydrogens is 286 g/mol. The van der Waals surface area contributed by atoms with Crippen LogP contribution < -0.4 is 4.72 Å². The van der Waals surface area contributed by atoms with Crippen LogP contribution in [0.3, 0.4) is 0 Å². The number of hydrogen-bond acceptors (Lipinski definition) is 3. The van der Waals surface area contributed by atoms with Gasteiger partial charge in [0.05, 0.1) is 5.75 Å². The lowest BCUT2D eigenvalue weighted by atomic mass is 10.1. The Morgan fingerprint density at radius 3 is 1.95 bits per heavy atom. The molecule has 0 bridgehead atoms. The van der Waals surface area contributed by atoms with Gasteiger partial charge in [0.15, 0.2) is 0 Å². The summed E-state index contributed by atoms with van der Waals surface area (Å²) in [6.45, 7) is 0. The number of carbonyl (C=O) groups excluding carboxylic acids is 1. The van der Waals surface area contributed by atoms with E-state index in [9.17, 15) is 13.2 Å². The van der Waals surface area contributed by atoms with E-state index in [-0.39, 0.29) is 12.2 Å². The fourth-order valence-corrected chi connectivity index (χ4v) is 3.11. The predicted octanol–water partition coefficient (Wildman–Crippen LogP) is 2.27. The first kappa shape index (κ1) is 15.3. The lowest BCUT2D eigenvalue weighted by molar-refractivity contribution is -0.119. The zero-order valence-corrected chi connectivity index (χ0v) is 12.3. The summed E-state index contributed by atoms with van der Waals surface area (Å²) in [5.74, 6) is -0.667. The molecule has 2 aromatic rings. The molecule has 0 aliphatic rings. The van der Waals surface area contributed by atoms with Crippen molar-refractivity contribution in [2.45, 2.75) is 18.6 Å². The molecule has 1 N–H and O–H groups in total. The minimum atomic E-state index is -3.64. The summed E-state index contributed by atoms with van der Waals surface area (Å²) in [5, 5.41) is 0. The van der Waals surface area contributed by atoms with Crippen molar-refractivity contribution in [3.63, 3.8) is 0 Å². The van der Waals surface area contributed by atoms with Crippen LogP contribution in [0, 0.1) is 0 Å². The molecule has 0 atom stereocenters. The Hall–Kier alpha value is -2.14. The first-order valence-electron chi connectivity index (χ1n) is 6.66. The van der Waals surface area contributed by atoms with Gasteiger partial charge in [-0.15, -0.1) is 0 Å². The van der Waals surface area contributed by atoms with Gasteiger partial charge in [0, 0.05) is 6.42 Å². The van der Waals surface area contributed by atoms with Crippen LogP contribution in [0.2, 0.25) is 0 Å². The maximum Gasteiger partial charge on any atom is 0.239 e. The number of carbonyl (C=O) groups is 1. The fraction of sp³-hybridized carbons (Fsp3) is 0.188. The molecule has 5 heteroatoms. The first-order valence-corrected chi connectivity index (χ1v) is 8.31. The van der Waals surface area contributed by atoms with Crippen molar-refractivity contribution in [2.75, 3.05) is 0 Å². The van der Waals surface area contributed by atoms with E-state index in [1.165, 1.54) is 0 Å². The number of benzene rings is 2. The number of sulfonamides is 1. The molecule has 110 valence electrons. The van der Waals surface area contributed by atoms with E-state index in [2.05, 4.69) is 4.72 Å². The fourth-order valence-electron chi connectivity index (χ4n) is 1.96. The quantitative estimate of drug-likeness (QED) is 0.890. The first-order chi connectivity index (χ1) is 10.1. The summed E-state index contributed by atoms with van der Waals surface area (Å²) >= 11 is 0. The topological polar surface area (TPSA) is 63.2 Å². The van der Waals surface area contributed by atoms with Crippen LogP contribution in [0.15, 0.2) is 60.7 Å². The Morgan fingerprint density at radius 2 is 1.38 bits per heavy atom. The minimum absolute atomic E-state index is 0.151. The molecule has 2 rings (SSSR count). The van der Waals surface area contributed by atoms with Crippen molar-refractivity contribution in [2.24, 2.45) is 0 Å². The number of amides is 1. The highest BCUT2D eigenvalue weighted by Gasteiger charge is 2.15. The predicted molar refractivity (Wildman–Crippen MR) is 82.0 cm³/mol. The van der Waals surface area contributed by atoms with Crippen molar-refractivity contribution in [1.82, 2.24) is 4.72 Å². The standard InChI is InChI=1S/C16H17NO3S/c18-16(12-11-14-7-3-1-4-8-14)17-21(19,20)13-15-9-5-2-6-10-15/h1-10H,11-13H2,(H,17,18). The molecular formula is C16H17NO3S. The molecule has 2 aromatic carbocycles. The summed E-state index contributed by atoms with van der Waals surface area (Å²) < 4.78 is 25.9. The van der Waals surface area contributed by atoms with E-state index < -0.39 is 15.9 Å². The summed E-state index contributed by atoms with van der Waals surface area (Å²) in [7, 11) is -3.64. The van der Waals surface area contributed by atoms with Gasteiger partial charge in [0.2, 0.25) is 15.9 Å². The Bertz CT molecular complexity index is 682. The van der Waals surface area contributed by atoms with Gasteiger partial charge in [0.25, 0.3) is 0 Å². The monoisotopic (exact) mass is 303 g/mol. The zero-order chi connectivity index (χ0) is 15.1. The third-order valence-corrected chi connectivity index (χ3v) is 4.20. The number of hydrogen-bond donors (Lipinski definition) is 1. The highest BCUT2D eigenvalue weighted by atomic mass is 32.2. The van der Waals surface area contributed by atoms with Crippen molar-refractivity contribution >= 4 is 15.9 Å². The Balaban J connectivity index is 1.87. The Morgan fingerprint density at radius 1 is 0.857 bits per heavy atom. The largest absolute Gasteiger partial charge is 0.274 e. The molecule has 0 saturated carbocycles. The van der Waals surface area contributed by atoms with Crippen molar-refractivity contribution < 1.29 is 13.2 Å². The SMILES string of the molecule is O=C(CCc1ccccc1)NS(=O)(=O)Cc1ccccc1. The zero-order valence-electron chi connectivity index (χ0n) is 11.5. The molecule has 0 fully saturated rings. The molecule has 0 heterocycles. The summed E-state index contributed by atoms with van der Waals surface area (Å²) in [5.41, 5.74) is 1.66. The van der Waals surface area contributed by atoms with Gasteiger partial charge in [-0.3, -0.25) is 9.52 Å². The second kappa shape index (κ2) is 7.04. The number of aryl methyl sites for hydroxylation is 1. The third-order valence-electron chi connectivity index (χ3n) is 2.95. The molecule has 4 nitrogen and oxygen atoms in total.